The SMILES string of the molecule is COc1cccc(NC(=O)C2CC2C(=O)Nc2cccc(Cl)c2Cl)c1. The molecule has 0 radical (unpaired) electrons. The smallest absolute Gasteiger partial charge is 0.228 e. The van der Waals surface area contributed by atoms with Gasteiger partial charge in [-0.3, -0.25) is 9.59 Å². The number of carbonyl (C=O) groups is 2. The fraction of sp³-hybridized carbons (Fsp3) is 0.222. The molecule has 2 aromatic rings. The molecule has 5 nitrogen and oxygen atoms in total. The fourth-order valence-corrected chi connectivity index (χ4v) is 2.88. The molecule has 0 heterocycles. The van der Waals surface area contributed by atoms with Gasteiger partial charge >= 0.3 is 0 Å². The molecule has 1 fully saturated rings. The predicted octanol–water partition coefficient (Wildman–Crippen LogP) is 4.22. The lowest BCUT2D eigenvalue weighted by molar-refractivity contribution is -0.122. The highest BCUT2D eigenvalue weighted by Gasteiger charge is 2.48. The van der Waals surface area contributed by atoms with Gasteiger partial charge in [0.15, 0.2) is 0 Å². The molecular formula is C18H16Cl2N2O3. The first-order chi connectivity index (χ1) is 12.0. The Labute approximate surface area is 155 Å². The maximum atomic E-state index is 12.3. The second-order valence-corrected chi connectivity index (χ2v) is 6.55. The van der Waals surface area contributed by atoms with E-state index in [9.17, 15) is 9.59 Å². The summed E-state index contributed by atoms with van der Waals surface area (Å²) < 4.78 is 5.12. The van der Waals surface area contributed by atoms with Crippen molar-refractivity contribution in [2.75, 3.05) is 17.7 Å². The lowest BCUT2D eigenvalue weighted by Gasteiger charge is -2.09. The highest BCUT2D eigenvalue weighted by molar-refractivity contribution is 6.44. The zero-order chi connectivity index (χ0) is 18.0. The quantitative estimate of drug-likeness (QED) is 0.818. The first kappa shape index (κ1) is 17.6. The molecular weight excluding hydrogens is 363 g/mol. The summed E-state index contributed by atoms with van der Waals surface area (Å²) in [4.78, 5) is 24.6. The molecule has 1 aliphatic carbocycles. The fourth-order valence-electron chi connectivity index (χ4n) is 2.54. The van der Waals surface area contributed by atoms with E-state index in [2.05, 4.69) is 10.6 Å². The minimum atomic E-state index is -0.374. The summed E-state index contributed by atoms with van der Waals surface area (Å²) in [6.07, 6.45) is 0.500. The topological polar surface area (TPSA) is 67.4 Å². The van der Waals surface area contributed by atoms with Crippen LogP contribution in [-0.4, -0.2) is 18.9 Å². The van der Waals surface area contributed by atoms with Crippen LogP contribution in [0.3, 0.4) is 0 Å². The summed E-state index contributed by atoms with van der Waals surface area (Å²) in [7, 11) is 1.56. The monoisotopic (exact) mass is 378 g/mol. The number of anilines is 2. The van der Waals surface area contributed by atoms with Crippen molar-refractivity contribution < 1.29 is 14.3 Å². The van der Waals surface area contributed by atoms with E-state index in [1.165, 1.54) is 0 Å². The molecule has 0 saturated heterocycles. The molecule has 1 saturated carbocycles. The summed E-state index contributed by atoms with van der Waals surface area (Å²) in [6.45, 7) is 0. The average molecular weight is 379 g/mol. The van der Waals surface area contributed by atoms with Crippen LogP contribution in [0.5, 0.6) is 5.75 Å². The zero-order valence-corrected chi connectivity index (χ0v) is 14.9. The van der Waals surface area contributed by atoms with Gasteiger partial charge in [-0.05, 0) is 30.7 Å². The Balaban J connectivity index is 1.59. The first-order valence-electron chi connectivity index (χ1n) is 7.69. The third kappa shape index (κ3) is 4.06. The Kier molecular flexibility index (Phi) is 5.16. The molecule has 25 heavy (non-hydrogen) atoms. The van der Waals surface area contributed by atoms with Gasteiger partial charge in [-0.15, -0.1) is 0 Å². The number of halogens is 2. The number of ether oxygens (including phenoxy) is 1. The highest BCUT2D eigenvalue weighted by atomic mass is 35.5. The van der Waals surface area contributed by atoms with Gasteiger partial charge in [0.1, 0.15) is 5.75 Å². The Morgan fingerprint density at radius 2 is 1.72 bits per heavy atom. The Hall–Kier alpha value is -2.24. The van der Waals surface area contributed by atoms with Gasteiger partial charge in [-0.1, -0.05) is 35.3 Å². The van der Waals surface area contributed by atoms with Crippen molar-refractivity contribution in [1.29, 1.82) is 0 Å². The van der Waals surface area contributed by atoms with Crippen LogP contribution in [-0.2, 0) is 9.59 Å². The van der Waals surface area contributed by atoms with E-state index >= 15 is 0 Å². The average Bonchev–Trinajstić information content (AvgIpc) is 3.40. The van der Waals surface area contributed by atoms with Crippen LogP contribution < -0.4 is 15.4 Å². The van der Waals surface area contributed by atoms with Crippen LogP contribution in [0, 0.1) is 11.8 Å². The van der Waals surface area contributed by atoms with E-state index in [-0.39, 0.29) is 28.7 Å². The molecule has 0 aromatic heterocycles. The van der Waals surface area contributed by atoms with E-state index in [0.717, 1.165) is 0 Å². The Morgan fingerprint density at radius 1 is 1.04 bits per heavy atom. The molecule has 1 aliphatic rings. The summed E-state index contributed by atoms with van der Waals surface area (Å²) in [6, 6.07) is 12.1. The summed E-state index contributed by atoms with van der Waals surface area (Å²) in [5, 5.41) is 6.18. The first-order valence-corrected chi connectivity index (χ1v) is 8.45. The van der Waals surface area contributed by atoms with E-state index in [0.29, 0.717) is 28.6 Å². The second kappa shape index (κ2) is 7.33. The van der Waals surface area contributed by atoms with Crippen molar-refractivity contribution in [2.45, 2.75) is 6.42 Å². The number of amides is 2. The van der Waals surface area contributed by atoms with Gasteiger partial charge in [0, 0.05) is 11.8 Å². The number of hydrogen-bond acceptors (Lipinski definition) is 3. The molecule has 0 aliphatic heterocycles. The van der Waals surface area contributed by atoms with Crippen molar-refractivity contribution in [3.05, 3.63) is 52.5 Å². The maximum Gasteiger partial charge on any atom is 0.228 e. The van der Waals surface area contributed by atoms with Gasteiger partial charge in [0.25, 0.3) is 0 Å². The van der Waals surface area contributed by atoms with E-state index < -0.39 is 0 Å². The number of carbonyl (C=O) groups excluding carboxylic acids is 2. The van der Waals surface area contributed by atoms with Crippen LogP contribution in [0.2, 0.25) is 10.0 Å². The van der Waals surface area contributed by atoms with Crippen LogP contribution in [0.25, 0.3) is 0 Å². The van der Waals surface area contributed by atoms with Crippen LogP contribution in [0.4, 0.5) is 11.4 Å². The normalized spacial score (nSPS) is 18.4. The molecule has 7 heteroatoms. The van der Waals surface area contributed by atoms with Crippen molar-refractivity contribution in [1.82, 2.24) is 0 Å². The number of hydrogen-bond donors (Lipinski definition) is 2. The molecule has 0 spiro atoms. The van der Waals surface area contributed by atoms with Crippen molar-refractivity contribution in [3.63, 3.8) is 0 Å². The van der Waals surface area contributed by atoms with Crippen molar-refractivity contribution in [3.8, 4) is 5.75 Å². The summed E-state index contributed by atoms with van der Waals surface area (Å²) in [5.74, 6) is -0.510. The standard InChI is InChI=1S/C18H16Cl2N2O3/c1-25-11-5-2-4-10(8-11)21-17(23)12-9-13(12)18(24)22-15-7-3-6-14(19)16(15)20/h2-8,12-13H,9H2,1H3,(H,21,23)(H,22,24). The van der Waals surface area contributed by atoms with Crippen molar-refractivity contribution >= 4 is 46.4 Å². The van der Waals surface area contributed by atoms with Gasteiger partial charge in [0.2, 0.25) is 11.8 Å². The van der Waals surface area contributed by atoms with E-state index in [4.69, 9.17) is 27.9 Å². The molecule has 0 bridgehead atoms. The molecule has 3 rings (SSSR count). The van der Waals surface area contributed by atoms with Gasteiger partial charge < -0.3 is 15.4 Å². The molecule has 130 valence electrons. The number of nitrogens with one attached hydrogen (secondary N) is 2. The third-order valence-electron chi connectivity index (χ3n) is 4.01. The Bertz CT molecular complexity index is 826. The van der Waals surface area contributed by atoms with Crippen LogP contribution in [0.15, 0.2) is 42.5 Å². The minimum Gasteiger partial charge on any atom is -0.497 e. The summed E-state index contributed by atoms with van der Waals surface area (Å²) in [5.41, 5.74) is 1.08. The lowest BCUT2D eigenvalue weighted by atomic mass is 10.2. The zero-order valence-electron chi connectivity index (χ0n) is 13.4. The van der Waals surface area contributed by atoms with E-state index in [1.807, 2.05) is 0 Å². The van der Waals surface area contributed by atoms with Gasteiger partial charge in [-0.2, -0.15) is 0 Å². The molecule has 2 aromatic carbocycles. The largest absolute Gasteiger partial charge is 0.497 e. The third-order valence-corrected chi connectivity index (χ3v) is 4.83. The molecule has 2 atom stereocenters. The molecule has 2 N–H and O–H groups in total. The van der Waals surface area contributed by atoms with Crippen LogP contribution >= 0.6 is 23.2 Å². The summed E-state index contributed by atoms with van der Waals surface area (Å²) >= 11 is 12.0. The molecule has 2 unspecified atom stereocenters. The maximum absolute atomic E-state index is 12.3. The number of benzene rings is 2. The number of methoxy groups -OCH3 is 1. The number of rotatable bonds is 5. The van der Waals surface area contributed by atoms with Crippen molar-refractivity contribution in [2.24, 2.45) is 11.8 Å². The minimum absolute atomic E-state index is 0.189. The highest BCUT2D eigenvalue weighted by Crippen LogP contribution is 2.41. The van der Waals surface area contributed by atoms with Crippen LogP contribution in [0.1, 0.15) is 6.42 Å². The second-order valence-electron chi connectivity index (χ2n) is 5.76. The van der Waals surface area contributed by atoms with Gasteiger partial charge in [0.05, 0.1) is 34.7 Å². The predicted molar refractivity (Wildman–Crippen MR) is 98.3 cm³/mol. The lowest BCUT2D eigenvalue weighted by Crippen LogP contribution is -2.20. The Morgan fingerprint density at radius 3 is 2.44 bits per heavy atom. The van der Waals surface area contributed by atoms with E-state index in [1.54, 1.807) is 49.6 Å². The molecule has 2 amide bonds. The van der Waals surface area contributed by atoms with Gasteiger partial charge in [-0.25, -0.2) is 0 Å².